The number of guanidine groups is 1. The predicted molar refractivity (Wildman–Crippen MR) is 153 cm³/mol. The molecule has 40 heavy (non-hydrogen) atoms. The van der Waals surface area contributed by atoms with Gasteiger partial charge in [-0.3, -0.25) is 19.4 Å². The first-order chi connectivity index (χ1) is 19.1. The topological polar surface area (TPSA) is 251 Å². The molecule has 4 atom stereocenters. The Morgan fingerprint density at radius 1 is 1.00 bits per heavy atom. The number of carboxylic acids is 1. The van der Waals surface area contributed by atoms with Crippen LogP contribution in [0.15, 0.2) is 35.5 Å². The summed E-state index contributed by atoms with van der Waals surface area (Å²) in [6, 6.07) is 2.93. The highest BCUT2D eigenvalue weighted by Gasteiger charge is 2.30. The number of nitrogens with zero attached hydrogens (tertiary/aromatic N) is 1. The summed E-state index contributed by atoms with van der Waals surface area (Å²) < 4.78 is 0. The van der Waals surface area contributed by atoms with Crippen LogP contribution in [0.3, 0.4) is 0 Å². The van der Waals surface area contributed by atoms with Crippen molar-refractivity contribution in [2.24, 2.45) is 22.2 Å². The Morgan fingerprint density at radius 3 is 2.25 bits per heavy atom. The van der Waals surface area contributed by atoms with Gasteiger partial charge in [-0.1, -0.05) is 18.2 Å². The summed E-state index contributed by atoms with van der Waals surface area (Å²) in [7, 11) is 0. The zero-order valence-corrected chi connectivity index (χ0v) is 23.1. The van der Waals surface area contributed by atoms with Crippen molar-refractivity contribution in [1.29, 1.82) is 0 Å². The molecule has 0 saturated carbocycles. The molecule has 220 valence electrons. The van der Waals surface area contributed by atoms with Crippen molar-refractivity contribution in [2.75, 3.05) is 25.2 Å². The molecule has 1 aromatic heterocycles. The number of benzene rings is 1. The second-order valence-electron chi connectivity index (χ2n) is 9.10. The molecule has 15 heteroatoms. The summed E-state index contributed by atoms with van der Waals surface area (Å²) in [5.41, 5.74) is 18.6. The fourth-order valence-electron chi connectivity index (χ4n) is 3.92. The van der Waals surface area contributed by atoms with Gasteiger partial charge >= 0.3 is 5.97 Å². The zero-order chi connectivity index (χ0) is 29.7. The van der Waals surface area contributed by atoms with E-state index < -0.39 is 54.5 Å². The van der Waals surface area contributed by atoms with Gasteiger partial charge in [-0.15, -0.1) is 0 Å². The van der Waals surface area contributed by atoms with Crippen LogP contribution >= 0.6 is 11.8 Å². The first kappa shape index (κ1) is 32.4. The first-order valence-electron chi connectivity index (χ1n) is 12.7. The number of carbonyl (C=O) groups is 4. The lowest BCUT2D eigenvalue weighted by Gasteiger charge is -2.25. The molecule has 4 unspecified atom stereocenters. The fraction of sp³-hybridized carbons (Fsp3) is 0.480. The van der Waals surface area contributed by atoms with Crippen LogP contribution in [0.25, 0.3) is 10.9 Å². The minimum atomic E-state index is -1.56. The summed E-state index contributed by atoms with van der Waals surface area (Å²) in [6.07, 6.45) is 4.48. The summed E-state index contributed by atoms with van der Waals surface area (Å²) in [6.45, 7) is -0.671. The number of para-hydroxylation sites is 1. The van der Waals surface area contributed by atoms with Gasteiger partial charge < -0.3 is 48.3 Å². The Morgan fingerprint density at radius 2 is 1.62 bits per heavy atom. The third-order valence-corrected chi connectivity index (χ3v) is 6.71. The number of aromatic nitrogens is 1. The molecule has 1 aromatic carbocycles. The molecule has 2 aromatic rings. The molecule has 14 nitrogen and oxygen atoms in total. The van der Waals surface area contributed by atoms with E-state index in [4.69, 9.17) is 17.2 Å². The van der Waals surface area contributed by atoms with Crippen molar-refractivity contribution in [3.8, 4) is 0 Å². The van der Waals surface area contributed by atoms with E-state index in [1.54, 1.807) is 6.20 Å². The second kappa shape index (κ2) is 16.3. The third kappa shape index (κ3) is 10.1. The Kier molecular flexibility index (Phi) is 13.2. The van der Waals surface area contributed by atoms with Crippen molar-refractivity contribution < 1.29 is 29.4 Å². The lowest BCUT2D eigenvalue weighted by atomic mass is 10.0. The number of aliphatic hydroxyl groups excluding tert-OH is 1. The first-order valence-corrected chi connectivity index (χ1v) is 14.1. The van der Waals surface area contributed by atoms with Crippen LogP contribution < -0.4 is 33.2 Å². The molecule has 0 bridgehead atoms. The quantitative estimate of drug-likeness (QED) is 0.0589. The van der Waals surface area contributed by atoms with Crippen molar-refractivity contribution in [3.05, 3.63) is 36.0 Å². The van der Waals surface area contributed by atoms with Gasteiger partial charge in [-0.25, -0.2) is 4.79 Å². The molecule has 0 fully saturated rings. The highest BCUT2D eigenvalue weighted by Crippen LogP contribution is 2.19. The number of hydrogen-bond donors (Lipinski definition) is 9. The number of carbonyl (C=O) groups excluding carboxylic acids is 3. The minimum absolute atomic E-state index is 0.0649. The number of fused-ring (bicyclic) bond motifs is 1. The van der Waals surface area contributed by atoms with E-state index in [2.05, 4.69) is 25.9 Å². The van der Waals surface area contributed by atoms with E-state index in [9.17, 15) is 29.4 Å². The lowest BCUT2D eigenvalue weighted by Crippen LogP contribution is -2.57. The van der Waals surface area contributed by atoms with Crippen LogP contribution in [0.5, 0.6) is 0 Å². The number of carboxylic acid groups (broad SMARTS) is 1. The number of hydrogen-bond acceptors (Lipinski definition) is 8. The number of amides is 3. The number of nitrogens with one attached hydrogen (secondary N) is 4. The van der Waals surface area contributed by atoms with Crippen LogP contribution in [0.2, 0.25) is 0 Å². The van der Waals surface area contributed by atoms with Crippen LogP contribution in [-0.2, 0) is 25.6 Å². The molecule has 0 aliphatic rings. The Bertz CT molecular complexity index is 1190. The lowest BCUT2D eigenvalue weighted by molar-refractivity contribution is -0.143. The van der Waals surface area contributed by atoms with Crippen LogP contribution in [0.4, 0.5) is 0 Å². The average molecular weight is 579 g/mol. The Labute approximate surface area is 235 Å². The fourth-order valence-corrected chi connectivity index (χ4v) is 4.39. The van der Waals surface area contributed by atoms with E-state index in [0.29, 0.717) is 5.75 Å². The number of aromatic amines is 1. The van der Waals surface area contributed by atoms with Crippen molar-refractivity contribution in [2.45, 2.75) is 49.9 Å². The summed E-state index contributed by atoms with van der Waals surface area (Å²) >= 11 is 1.47. The third-order valence-electron chi connectivity index (χ3n) is 6.07. The number of aliphatic carboxylic acids is 1. The molecular weight excluding hydrogens is 540 g/mol. The van der Waals surface area contributed by atoms with E-state index in [1.807, 2.05) is 30.5 Å². The number of nitrogens with two attached hydrogens (primary N) is 3. The highest BCUT2D eigenvalue weighted by molar-refractivity contribution is 7.98. The molecule has 0 spiro atoms. The van der Waals surface area contributed by atoms with Crippen molar-refractivity contribution in [3.63, 3.8) is 0 Å². The van der Waals surface area contributed by atoms with Gasteiger partial charge in [-0.2, -0.15) is 11.8 Å². The predicted octanol–water partition coefficient (Wildman–Crippen LogP) is -1.62. The van der Waals surface area contributed by atoms with E-state index in [0.717, 1.165) is 16.5 Å². The number of rotatable bonds is 17. The number of aliphatic hydroxyl groups is 1. The Hall–Kier alpha value is -3.82. The molecular formula is C25H38N8O6S. The SMILES string of the molecule is CSCCC(NC(=O)C(N)Cc1c[nH]c2ccccc12)C(=O)NC(CCCN=C(N)N)C(=O)NC(CO)C(=O)O. The van der Waals surface area contributed by atoms with E-state index >= 15 is 0 Å². The van der Waals surface area contributed by atoms with Gasteiger partial charge in [0.15, 0.2) is 5.96 Å². The largest absolute Gasteiger partial charge is 0.480 e. The zero-order valence-electron chi connectivity index (χ0n) is 22.3. The molecule has 0 radical (unpaired) electrons. The number of aliphatic imine (C=N–C) groups is 1. The van der Waals surface area contributed by atoms with Crippen LogP contribution in [0, 0.1) is 0 Å². The van der Waals surface area contributed by atoms with Gasteiger partial charge in [0, 0.05) is 23.6 Å². The average Bonchev–Trinajstić information content (AvgIpc) is 3.33. The molecule has 12 N–H and O–H groups in total. The minimum Gasteiger partial charge on any atom is -0.480 e. The maximum atomic E-state index is 13.2. The molecule has 2 rings (SSSR count). The van der Waals surface area contributed by atoms with Crippen molar-refractivity contribution in [1.82, 2.24) is 20.9 Å². The molecule has 0 aliphatic heterocycles. The molecule has 0 aliphatic carbocycles. The van der Waals surface area contributed by atoms with Gasteiger partial charge in [0.05, 0.1) is 12.6 Å². The number of H-pyrrole nitrogens is 1. The highest BCUT2D eigenvalue weighted by atomic mass is 32.2. The maximum Gasteiger partial charge on any atom is 0.328 e. The van der Waals surface area contributed by atoms with Gasteiger partial charge in [-0.05, 0) is 49.3 Å². The summed E-state index contributed by atoms with van der Waals surface area (Å²) in [5, 5.41) is 26.9. The molecule has 1 heterocycles. The van der Waals surface area contributed by atoms with Crippen LogP contribution in [-0.4, -0.2) is 94.2 Å². The summed E-state index contributed by atoms with van der Waals surface area (Å²) in [4.78, 5) is 57.3. The summed E-state index contributed by atoms with van der Waals surface area (Å²) in [5.74, 6) is -3.03. The standard InChI is InChI=1S/C25H38N8O6S/c1-40-10-8-19(31-21(35)16(26)11-14-12-30-17-6-3-2-5-15(14)17)23(37)32-18(7-4-9-29-25(27)28)22(36)33-20(13-34)24(38)39/h2-3,5-6,12,16,18-20,30,34H,4,7-11,13,26H2,1H3,(H,31,35)(H,32,37)(H,33,36)(H,38,39)(H4,27,28,29). The van der Waals surface area contributed by atoms with Gasteiger partial charge in [0.2, 0.25) is 17.7 Å². The number of thioether (sulfide) groups is 1. The van der Waals surface area contributed by atoms with Gasteiger partial charge in [0.25, 0.3) is 0 Å². The molecule has 3 amide bonds. The normalized spacial score (nSPS) is 14.0. The van der Waals surface area contributed by atoms with Gasteiger partial charge in [0.1, 0.15) is 18.1 Å². The second-order valence-corrected chi connectivity index (χ2v) is 10.1. The maximum absolute atomic E-state index is 13.2. The van der Waals surface area contributed by atoms with E-state index in [-0.39, 0.29) is 38.2 Å². The molecule has 0 saturated heterocycles. The van der Waals surface area contributed by atoms with E-state index in [1.165, 1.54) is 11.8 Å². The van der Waals surface area contributed by atoms with Crippen molar-refractivity contribution >= 4 is 52.3 Å². The smallest absolute Gasteiger partial charge is 0.328 e. The monoisotopic (exact) mass is 578 g/mol. The Balaban J connectivity index is 2.12. The van der Waals surface area contributed by atoms with Crippen LogP contribution in [0.1, 0.15) is 24.8 Å².